The molecule has 182 valence electrons. The molecule has 2 amide bonds. The average Bonchev–Trinajstić information content (AvgIpc) is 3.34. The van der Waals surface area contributed by atoms with Crippen molar-refractivity contribution in [2.24, 2.45) is 0 Å². The molecule has 3 aromatic carbocycles. The molecular formula is C29H32N2O4. The molecule has 1 heterocycles. The summed E-state index contributed by atoms with van der Waals surface area (Å²) in [5.74, 6) is 1.23. The Labute approximate surface area is 206 Å². The first-order chi connectivity index (χ1) is 17.0. The van der Waals surface area contributed by atoms with Crippen molar-refractivity contribution >= 4 is 11.8 Å². The molecular weight excluding hydrogens is 440 g/mol. The SMILES string of the molecule is CCNC(=O)[C@@H](Cc1ccccc1)N(Cc1ccc(C)cc1)C(=O)CCc1ccc2c(c1)OCO2. The molecule has 1 atom stereocenters. The molecule has 4 rings (SSSR count). The van der Waals surface area contributed by atoms with Gasteiger partial charge in [-0.2, -0.15) is 0 Å². The highest BCUT2D eigenvalue weighted by Crippen LogP contribution is 2.33. The molecule has 1 N–H and O–H groups in total. The zero-order chi connectivity index (χ0) is 24.6. The molecule has 0 saturated heterocycles. The van der Waals surface area contributed by atoms with Crippen LogP contribution < -0.4 is 14.8 Å². The van der Waals surface area contributed by atoms with Crippen LogP contribution in [0.25, 0.3) is 0 Å². The molecule has 3 aromatic rings. The second-order valence-corrected chi connectivity index (χ2v) is 8.79. The van der Waals surface area contributed by atoms with E-state index in [1.54, 1.807) is 4.90 Å². The molecule has 1 aliphatic rings. The summed E-state index contributed by atoms with van der Waals surface area (Å²) in [5.41, 5.74) is 4.16. The van der Waals surface area contributed by atoms with Crippen LogP contribution in [0.15, 0.2) is 72.8 Å². The average molecular weight is 473 g/mol. The minimum Gasteiger partial charge on any atom is -0.454 e. The van der Waals surface area contributed by atoms with Gasteiger partial charge >= 0.3 is 0 Å². The second-order valence-electron chi connectivity index (χ2n) is 8.79. The predicted molar refractivity (Wildman–Crippen MR) is 135 cm³/mol. The number of benzene rings is 3. The number of nitrogens with one attached hydrogen (secondary N) is 1. The summed E-state index contributed by atoms with van der Waals surface area (Å²) in [7, 11) is 0. The zero-order valence-corrected chi connectivity index (χ0v) is 20.3. The zero-order valence-electron chi connectivity index (χ0n) is 20.3. The third-order valence-electron chi connectivity index (χ3n) is 6.16. The fourth-order valence-electron chi connectivity index (χ4n) is 4.23. The number of hydrogen-bond acceptors (Lipinski definition) is 4. The lowest BCUT2D eigenvalue weighted by atomic mass is 10.0. The minimum atomic E-state index is -0.608. The first kappa shape index (κ1) is 24.3. The lowest BCUT2D eigenvalue weighted by Crippen LogP contribution is -2.50. The van der Waals surface area contributed by atoms with Gasteiger partial charge in [-0.15, -0.1) is 0 Å². The van der Waals surface area contributed by atoms with Crippen LogP contribution in [0, 0.1) is 6.92 Å². The largest absolute Gasteiger partial charge is 0.454 e. The number of carbonyl (C=O) groups excluding carboxylic acids is 2. The van der Waals surface area contributed by atoms with E-state index in [2.05, 4.69) is 5.32 Å². The highest BCUT2D eigenvalue weighted by molar-refractivity contribution is 5.88. The Morgan fingerprint density at radius 1 is 0.914 bits per heavy atom. The van der Waals surface area contributed by atoms with Crippen molar-refractivity contribution < 1.29 is 19.1 Å². The molecule has 0 bridgehead atoms. The van der Waals surface area contributed by atoms with Crippen molar-refractivity contribution in [3.63, 3.8) is 0 Å². The minimum absolute atomic E-state index is 0.0598. The molecule has 0 fully saturated rings. The monoisotopic (exact) mass is 472 g/mol. The Bertz CT molecular complexity index is 1150. The van der Waals surface area contributed by atoms with Crippen LogP contribution in [0.1, 0.15) is 35.6 Å². The van der Waals surface area contributed by atoms with Gasteiger partial charge in [0, 0.05) is 25.9 Å². The van der Waals surface area contributed by atoms with Gasteiger partial charge < -0.3 is 19.7 Å². The number of nitrogens with zero attached hydrogens (tertiary/aromatic N) is 1. The quantitative estimate of drug-likeness (QED) is 0.474. The predicted octanol–water partition coefficient (Wildman–Crippen LogP) is 4.43. The van der Waals surface area contributed by atoms with Gasteiger partial charge in [-0.25, -0.2) is 0 Å². The van der Waals surface area contributed by atoms with Crippen molar-refractivity contribution in [2.75, 3.05) is 13.3 Å². The molecule has 6 nitrogen and oxygen atoms in total. The maximum Gasteiger partial charge on any atom is 0.243 e. The van der Waals surface area contributed by atoms with E-state index in [1.165, 1.54) is 0 Å². The molecule has 35 heavy (non-hydrogen) atoms. The number of carbonyl (C=O) groups is 2. The molecule has 0 aliphatic carbocycles. The van der Waals surface area contributed by atoms with Crippen molar-refractivity contribution in [1.29, 1.82) is 0 Å². The van der Waals surface area contributed by atoms with Gasteiger partial charge in [-0.1, -0.05) is 66.2 Å². The first-order valence-corrected chi connectivity index (χ1v) is 12.1. The van der Waals surface area contributed by atoms with Gasteiger partial charge in [0.05, 0.1) is 0 Å². The van der Waals surface area contributed by atoms with E-state index in [4.69, 9.17) is 9.47 Å². The van der Waals surface area contributed by atoms with Gasteiger partial charge in [0.2, 0.25) is 18.6 Å². The number of rotatable bonds is 10. The molecule has 0 unspecified atom stereocenters. The van der Waals surface area contributed by atoms with Crippen LogP contribution in [-0.2, 0) is 29.0 Å². The molecule has 0 aromatic heterocycles. The van der Waals surface area contributed by atoms with Crippen LogP contribution in [0.3, 0.4) is 0 Å². The number of ether oxygens (including phenoxy) is 2. The van der Waals surface area contributed by atoms with E-state index in [-0.39, 0.29) is 25.0 Å². The Morgan fingerprint density at radius 2 is 1.63 bits per heavy atom. The summed E-state index contributed by atoms with van der Waals surface area (Å²) in [6.07, 6.45) is 1.29. The van der Waals surface area contributed by atoms with Gasteiger partial charge in [0.15, 0.2) is 11.5 Å². The fourth-order valence-corrected chi connectivity index (χ4v) is 4.23. The maximum absolute atomic E-state index is 13.7. The third-order valence-corrected chi connectivity index (χ3v) is 6.16. The molecule has 0 radical (unpaired) electrons. The van der Waals surface area contributed by atoms with E-state index in [0.29, 0.717) is 31.7 Å². The Morgan fingerprint density at radius 3 is 2.37 bits per heavy atom. The molecule has 0 saturated carbocycles. The lowest BCUT2D eigenvalue weighted by molar-refractivity contribution is -0.141. The first-order valence-electron chi connectivity index (χ1n) is 12.1. The summed E-state index contributed by atoms with van der Waals surface area (Å²) in [6, 6.07) is 23.1. The van der Waals surface area contributed by atoms with Crippen molar-refractivity contribution in [3.8, 4) is 11.5 Å². The highest BCUT2D eigenvalue weighted by atomic mass is 16.7. The Balaban J connectivity index is 1.57. The summed E-state index contributed by atoms with van der Waals surface area (Å²) < 4.78 is 10.9. The van der Waals surface area contributed by atoms with E-state index in [0.717, 1.165) is 28.0 Å². The lowest BCUT2D eigenvalue weighted by Gasteiger charge is -2.31. The number of likely N-dealkylation sites (N-methyl/N-ethyl adjacent to an activating group) is 1. The van der Waals surface area contributed by atoms with Crippen molar-refractivity contribution in [3.05, 3.63) is 95.1 Å². The summed E-state index contributed by atoms with van der Waals surface area (Å²) in [4.78, 5) is 28.6. The second kappa shape index (κ2) is 11.6. The van der Waals surface area contributed by atoms with E-state index in [9.17, 15) is 9.59 Å². The van der Waals surface area contributed by atoms with Gasteiger partial charge in [0.25, 0.3) is 0 Å². The van der Waals surface area contributed by atoms with E-state index in [1.807, 2.05) is 86.6 Å². The summed E-state index contributed by atoms with van der Waals surface area (Å²) >= 11 is 0. The fraction of sp³-hybridized carbons (Fsp3) is 0.310. The highest BCUT2D eigenvalue weighted by Gasteiger charge is 2.30. The third kappa shape index (κ3) is 6.41. The molecule has 6 heteroatoms. The maximum atomic E-state index is 13.7. The number of hydrogen-bond donors (Lipinski definition) is 1. The van der Waals surface area contributed by atoms with Gasteiger partial charge in [-0.05, 0) is 49.1 Å². The van der Waals surface area contributed by atoms with Gasteiger partial charge in [-0.3, -0.25) is 9.59 Å². The summed E-state index contributed by atoms with van der Waals surface area (Å²) in [5, 5.41) is 2.93. The van der Waals surface area contributed by atoms with Crippen molar-refractivity contribution in [2.45, 2.75) is 45.7 Å². The van der Waals surface area contributed by atoms with Crippen molar-refractivity contribution in [1.82, 2.24) is 10.2 Å². The normalized spacial score (nSPS) is 12.7. The molecule has 1 aliphatic heterocycles. The van der Waals surface area contributed by atoms with Crippen LogP contribution in [0.2, 0.25) is 0 Å². The number of amides is 2. The topological polar surface area (TPSA) is 67.9 Å². The van der Waals surface area contributed by atoms with Crippen LogP contribution in [0.4, 0.5) is 0 Å². The number of aryl methyl sites for hydroxylation is 2. The number of fused-ring (bicyclic) bond motifs is 1. The van der Waals surface area contributed by atoms with E-state index >= 15 is 0 Å². The van der Waals surface area contributed by atoms with Gasteiger partial charge in [0.1, 0.15) is 6.04 Å². The van der Waals surface area contributed by atoms with Crippen LogP contribution in [0.5, 0.6) is 11.5 Å². The molecule has 0 spiro atoms. The van der Waals surface area contributed by atoms with Crippen LogP contribution >= 0.6 is 0 Å². The Hall–Kier alpha value is -3.80. The standard InChI is InChI=1S/C29H32N2O4/c1-3-30-29(33)25(17-22-7-5-4-6-8-22)31(19-24-11-9-21(2)10-12-24)28(32)16-14-23-13-15-26-27(18-23)35-20-34-26/h4-13,15,18,25H,3,14,16-17,19-20H2,1-2H3,(H,30,33)/t25-/m1/s1. The van der Waals surface area contributed by atoms with E-state index < -0.39 is 6.04 Å². The van der Waals surface area contributed by atoms with Crippen LogP contribution in [-0.4, -0.2) is 36.1 Å². The summed E-state index contributed by atoms with van der Waals surface area (Å²) in [6.45, 7) is 5.02. The Kier molecular flexibility index (Phi) is 8.03. The smallest absolute Gasteiger partial charge is 0.243 e.